The monoisotopic (exact) mass is 521 g/mol. The molecule has 3 unspecified atom stereocenters. The Morgan fingerprint density at radius 3 is 2.62 bits per heavy atom. The summed E-state index contributed by atoms with van der Waals surface area (Å²) >= 11 is 1.66. The second-order valence-electron chi connectivity index (χ2n) is 10.6. The minimum atomic E-state index is -0.235. The van der Waals surface area contributed by atoms with Crippen LogP contribution in [0.1, 0.15) is 44.9 Å². The van der Waals surface area contributed by atoms with Gasteiger partial charge in [0, 0.05) is 55.2 Å². The van der Waals surface area contributed by atoms with Crippen LogP contribution < -0.4 is 20.3 Å². The van der Waals surface area contributed by atoms with Gasteiger partial charge in [-0.25, -0.2) is 4.98 Å². The van der Waals surface area contributed by atoms with Gasteiger partial charge in [0.05, 0.1) is 18.6 Å². The third-order valence-electron chi connectivity index (χ3n) is 8.36. The van der Waals surface area contributed by atoms with Crippen LogP contribution in [-0.2, 0) is 9.53 Å². The zero-order valence-corrected chi connectivity index (χ0v) is 22.4. The molecular formula is C28H35N5O3S. The third-order valence-corrected chi connectivity index (χ3v) is 9.23. The van der Waals surface area contributed by atoms with Crippen LogP contribution >= 0.6 is 11.3 Å². The minimum Gasteiger partial charge on any atom is -0.496 e. The van der Waals surface area contributed by atoms with Crippen molar-refractivity contribution in [3.63, 3.8) is 0 Å². The van der Waals surface area contributed by atoms with E-state index in [-0.39, 0.29) is 11.8 Å². The number of benzene rings is 1. The number of carbonyl (C=O) groups excluding carboxylic acids is 1. The van der Waals surface area contributed by atoms with E-state index in [1.54, 1.807) is 18.4 Å². The van der Waals surface area contributed by atoms with Gasteiger partial charge in [0.1, 0.15) is 16.4 Å². The third kappa shape index (κ3) is 4.52. The molecule has 1 aromatic carbocycles. The average molecular weight is 522 g/mol. The molecule has 0 saturated carbocycles. The maximum absolute atomic E-state index is 11.6. The molecule has 0 radical (unpaired) electrons. The normalized spacial score (nSPS) is 25.6. The predicted octanol–water partition coefficient (Wildman–Crippen LogP) is 4.60. The number of hydrogen-bond donors (Lipinski definition) is 1. The smallest absolute Gasteiger partial charge is 0.228 e. The number of piperidine rings is 2. The summed E-state index contributed by atoms with van der Waals surface area (Å²) in [7, 11) is 3.55. The summed E-state index contributed by atoms with van der Waals surface area (Å²) < 4.78 is 11.5. The molecule has 3 fully saturated rings. The molecule has 3 aliphatic rings. The van der Waals surface area contributed by atoms with Crippen LogP contribution in [0, 0.1) is 5.92 Å². The lowest BCUT2D eigenvalue weighted by atomic mass is 9.95. The Kier molecular flexibility index (Phi) is 6.67. The maximum Gasteiger partial charge on any atom is 0.228 e. The molecule has 3 saturated heterocycles. The highest BCUT2D eigenvalue weighted by atomic mass is 32.1. The number of primary amides is 1. The van der Waals surface area contributed by atoms with E-state index in [1.807, 2.05) is 19.2 Å². The molecule has 196 valence electrons. The zero-order chi connectivity index (χ0) is 25.5. The first-order valence-electron chi connectivity index (χ1n) is 13.3. The van der Waals surface area contributed by atoms with Gasteiger partial charge in [0.2, 0.25) is 11.9 Å². The van der Waals surface area contributed by atoms with E-state index in [2.05, 4.69) is 27.3 Å². The molecule has 2 N–H and O–H groups in total. The van der Waals surface area contributed by atoms with Crippen molar-refractivity contribution < 1.29 is 14.3 Å². The first-order valence-corrected chi connectivity index (χ1v) is 14.2. The second-order valence-corrected chi connectivity index (χ2v) is 11.5. The summed E-state index contributed by atoms with van der Waals surface area (Å²) in [6.07, 6.45) is 7.10. The van der Waals surface area contributed by atoms with Crippen LogP contribution in [0.2, 0.25) is 0 Å². The number of fused-ring (bicyclic) bond motifs is 3. The van der Waals surface area contributed by atoms with Crippen LogP contribution in [0.15, 0.2) is 29.6 Å². The summed E-state index contributed by atoms with van der Waals surface area (Å²) in [5.74, 6) is 2.65. The van der Waals surface area contributed by atoms with Gasteiger partial charge in [-0.3, -0.25) is 4.79 Å². The van der Waals surface area contributed by atoms with Crippen LogP contribution in [0.4, 0.5) is 11.8 Å². The first-order chi connectivity index (χ1) is 18.1. The number of rotatable bonds is 7. The SMILES string of the molecule is COc1ccccc1-c1csc2nc(N3CCCC(CC(N)=O)C3)nc(N3C4CCC3CC(OC)C4)c12. The number of amides is 1. The number of methoxy groups -OCH3 is 2. The van der Waals surface area contributed by atoms with Gasteiger partial charge in [-0.15, -0.1) is 11.3 Å². The number of nitrogens with two attached hydrogens (primary N) is 1. The van der Waals surface area contributed by atoms with E-state index >= 15 is 0 Å². The van der Waals surface area contributed by atoms with Crippen LogP contribution in [0.25, 0.3) is 21.3 Å². The Morgan fingerprint density at radius 2 is 1.89 bits per heavy atom. The lowest BCUT2D eigenvalue weighted by Crippen LogP contribution is -2.46. The number of aromatic nitrogens is 2. The van der Waals surface area contributed by atoms with Crippen molar-refractivity contribution >= 4 is 39.2 Å². The van der Waals surface area contributed by atoms with E-state index in [1.165, 1.54) is 0 Å². The highest BCUT2D eigenvalue weighted by Crippen LogP contribution is 2.47. The lowest BCUT2D eigenvalue weighted by molar-refractivity contribution is -0.118. The largest absolute Gasteiger partial charge is 0.496 e. The van der Waals surface area contributed by atoms with Crippen molar-refractivity contribution in [2.75, 3.05) is 37.1 Å². The summed E-state index contributed by atoms with van der Waals surface area (Å²) in [5.41, 5.74) is 7.72. The molecule has 0 spiro atoms. The average Bonchev–Trinajstić information content (AvgIpc) is 3.45. The topological polar surface area (TPSA) is 93.8 Å². The summed E-state index contributed by atoms with van der Waals surface area (Å²) in [6, 6.07) is 8.99. The molecule has 2 bridgehead atoms. The van der Waals surface area contributed by atoms with Crippen molar-refractivity contribution in [1.82, 2.24) is 9.97 Å². The lowest BCUT2D eigenvalue weighted by Gasteiger charge is -2.40. The molecule has 8 nitrogen and oxygen atoms in total. The zero-order valence-electron chi connectivity index (χ0n) is 21.6. The molecular weight excluding hydrogens is 486 g/mol. The molecule has 2 aromatic heterocycles. The minimum absolute atomic E-state index is 0.235. The number of carbonyl (C=O) groups is 1. The van der Waals surface area contributed by atoms with Crippen molar-refractivity contribution in [2.24, 2.45) is 11.7 Å². The van der Waals surface area contributed by atoms with Gasteiger partial charge in [-0.1, -0.05) is 18.2 Å². The van der Waals surface area contributed by atoms with Gasteiger partial charge >= 0.3 is 0 Å². The highest BCUT2D eigenvalue weighted by Gasteiger charge is 2.43. The van der Waals surface area contributed by atoms with E-state index in [9.17, 15) is 4.79 Å². The number of anilines is 2. The van der Waals surface area contributed by atoms with E-state index < -0.39 is 0 Å². The summed E-state index contributed by atoms with van der Waals surface area (Å²) in [5, 5.41) is 3.30. The van der Waals surface area contributed by atoms with Crippen molar-refractivity contribution in [1.29, 1.82) is 0 Å². The van der Waals surface area contributed by atoms with E-state index in [4.69, 9.17) is 25.2 Å². The molecule has 1 amide bonds. The molecule has 3 aromatic rings. The standard InChI is InChI=1S/C28H35N5O3S/c1-35-20-13-18-9-10-19(14-20)33(18)26-25-22(21-7-3-4-8-23(21)36-2)16-37-27(25)31-28(30-26)32-11-5-6-17(15-32)12-24(29)34/h3-4,7-8,16-20H,5-6,9-15H2,1-2H3,(H2,29,34). The second kappa shape index (κ2) is 10.1. The van der Waals surface area contributed by atoms with Crippen molar-refractivity contribution in [3.05, 3.63) is 29.6 Å². The van der Waals surface area contributed by atoms with Crippen LogP contribution in [0.3, 0.4) is 0 Å². The molecule has 9 heteroatoms. The van der Waals surface area contributed by atoms with E-state index in [0.717, 1.165) is 90.5 Å². The fourth-order valence-corrected chi connectivity index (χ4v) is 7.60. The Balaban J connectivity index is 1.47. The Bertz CT molecular complexity index is 1280. The van der Waals surface area contributed by atoms with Gasteiger partial charge in [0.15, 0.2) is 0 Å². The fraction of sp³-hybridized carbons (Fsp3) is 0.536. The molecule has 37 heavy (non-hydrogen) atoms. The fourth-order valence-electron chi connectivity index (χ4n) is 6.67. The molecule has 3 aliphatic heterocycles. The van der Waals surface area contributed by atoms with Crippen molar-refractivity contribution in [2.45, 2.75) is 63.1 Å². The van der Waals surface area contributed by atoms with Gasteiger partial charge in [0.25, 0.3) is 0 Å². The Labute approximate surface area is 221 Å². The summed E-state index contributed by atoms with van der Waals surface area (Å²) in [6.45, 7) is 1.65. The van der Waals surface area contributed by atoms with Crippen LogP contribution in [0.5, 0.6) is 5.75 Å². The van der Waals surface area contributed by atoms with Gasteiger partial charge in [-0.2, -0.15) is 4.98 Å². The number of hydrogen-bond acceptors (Lipinski definition) is 8. The maximum atomic E-state index is 11.6. The van der Waals surface area contributed by atoms with Gasteiger partial charge in [-0.05, 0) is 50.5 Å². The number of para-hydroxylation sites is 1. The van der Waals surface area contributed by atoms with Crippen LogP contribution in [-0.4, -0.2) is 61.4 Å². The molecule has 0 aliphatic carbocycles. The molecule has 5 heterocycles. The number of nitrogens with zero attached hydrogens (tertiary/aromatic N) is 4. The summed E-state index contributed by atoms with van der Waals surface area (Å²) in [4.78, 5) is 27.8. The quantitative estimate of drug-likeness (QED) is 0.485. The molecule has 6 rings (SSSR count). The Hall–Kier alpha value is -2.91. The predicted molar refractivity (Wildman–Crippen MR) is 147 cm³/mol. The van der Waals surface area contributed by atoms with Gasteiger partial charge < -0.3 is 25.0 Å². The first kappa shape index (κ1) is 24.4. The number of thiophene rings is 1. The van der Waals surface area contributed by atoms with Crippen molar-refractivity contribution in [3.8, 4) is 16.9 Å². The molecule has 3 atom stereocenters. The number of ether oxygens (including phenoxy) is 2. The Morgan fingerprint density at radius 1 is 1.11 bits per heavy atom. The highest BCUT2D eigenvalue weighted by molar-refractivity contribution is 7.17. The van der Waals surface area contributed by atoms with E-state index in [0.29, 0.717) is 24.6 Å².